The van der Waals surface area contributed by atoms with Crippen molar-refractivity contribution in [2.24, 2.45) is 0 Å². The third kappa shape index (κ3) is 3.12. The van der Waals surface area contributed by atoms with Gasteiger partial charge in [-0.05, 0) is 11.6 Å². The van der Waals surface area contributed by atoms with Gasteiger partial charge in [0.15, 0.2) is 0 Å². The lowest BCUT2D eigenvalue weighted by Crippen LogP contribution is -2.22. The van der Waals surface area contributed by atoms with E-state index in [0.717, 1.165) is 0 Å². The molecule has 1 aliphatic heterocycles. The summed E-state index contributed by atoms with van der Waals surface area (Å²) in [5.41, 5.74) is 0.731. The molecule has 0 bridgehead atoms. The topological polar surface area (TPSA) is 63.5 Å². The number of nitrogens with zero attached hydrogens (tertiary/aromatic N) is 2. The zero-order valence-electron chi connectivity index (χ0n) is 10.5. The number of hydrogen-bond donors (Lipinski definition) is 0. The average Bonchev–Trinajstić information content (AvgIpc) is 2.67. The lowest BCUT2D eigenvalue weighted by atomic mass is 10.2. The fourth-order valence-electron chi connectivity index (χ4n) is 1.55. The van der Waals surface area contributed by atoms with Gasteiger partial charge in [-0.1, -0.05) is 48.3 Å². The predicted molar refractivity (Wildman–Crippen MR) is 83.2 cm³/mol. The number of amides is 1. The van der Waals surface area contributed by atoms with Crippen LogP contribution in [0.4, 0.5) is 5.69 Å². The predicted octanol–water partition coefficient (Wildman–Crippen LogP) is 2.98. The molecule has 0 spiro atoms. The number of thioether (sulfide) groups is 1. The van der Waals surface area contributed by atoms with Gasteiger partial charge >= 0.3 is 0 Å². The van der Waals surface area contributed by atoms with E-state index >= 15 is 0 Å². The normalized spacial score (nSPS) is 17.4. The highest BCUT2D eigenvalue weighted by Gasteiger charge is 2.27. The van der Waals surface area contributed by atoms with Crippen LogP contribution in [0.25, 0.3) is 6.08 Å². The molecule has 102 valence electrons. The van der Waals surface area contributed by atoms with E-state index < -0.39 is 4.92 Å². The highest BCUT2D eigenvalue weighted by atomic mass is 32.2. The van der Waals surface area contributed by atoms with Crippen LogP contribution in [0.5, 0.6) is 0 Å². The van der Waals surface area contributed by atoms with Crippen molar-refractivity contribution in [1.29, 1.82) is 0 Å². The summed E-state index contributed by atoms with van der Waals surface area (Å²) < 4.78 is 0.519. The molecule has 0 saturated carbocycles. The number of carbonyl (C=O) groups is 1. The van der Waals surface area contributed by atoms with E-state index in [1.54, 1.807) is 37.4 Å². The van der Waals surface area contributed by atoms with Gasteiger partial charge in [-0.2, -0.15) is 0 Å². The van der Waals surface area contributed by atoms with Crippen LogP contribution < -0.4 is 0 Å². The Morgan fingerprint density at radius 1 is 1.45 bits per heavy atom. The van der Waals surface area contributed by atoms with E-state index in [9.17, 15) is 14.9 Å². The highest BCUT2D eigenvalue weighted by molar-refractivity contribution is 8.26. The molecule has 0 unspecified atom stereocenters. The van der Waals surface area contributed by atoms with Gasteiger partial charge in [-0.15, -0.1) is 0 Å². The van der Waals surface area contributed by atoms with Gasteiger partial charge in [0.1, 0.15) is 4.32 Å². The first-order valence-electron chi connectivity index (χ1n) is 5.62. The number of nitro benzene ring substituents is 1. The average molecular weight is 306 g/mol. The summed E-state index contributed by atoms with van der Waals surface area (Å²) >= 11 is 6.25. The molecule has 0 aromatic heterocycles. The van der Waals surface area contributed by atoms with Crippen molar-refractivity contribution in [3.05, 3.63) is 57.0 Å². The standard InChI is InChI=1S/C13H10N2O3S2/c1-14-12(16)11(20-13(14)19)7-3-5-9-4-2-6-10(8-9)15(17)18/h2-8H,1H3/b5-3+,11-7+. The molecule has 1 saturated heterocycles. The fraction of sp³-hybridized carbons (Fsp3) is 0.0769. The molecule has 7 heteroatoms. The molecular weight excluding hydrogens is 296 g/mol. The molecule has 0 N–H and O–H groups in total. The molecule has 1 heterocycles. The molecule has 20 heavy (non-hydrogen) atoms. The van der Waals surface area contributed by atoms with Gasteiger partial charge in [0, 0.05) is 19.2 Å². The van der Waals surface area contributed by atoms with E-state index in [0.29, 0.717) is 14.8 Å². The number of hydrogen-bond acceptors (Lipinski definition) is 5. The summed E-state index contributed by atoms with van der Waals surface area (Å²) in [6.07, 6.45) is 5.04. The number of carbonyl (C=O) groups excluding carboxylic acids is 1. The third-order valence-electron chi connectivity index (χ3n) is 2.60. The lowest BCUT2D eigenvalue weighted by Gasteiger charge is -2.03. The smallest absolute Gasteiger partial charge is 0.270 e. The summed E-state index contributed by atoms with van der Waals surface area (Å²) in [7, 11) is 1.63. The van der Waals surface area contributed by atoms with E-state index in [2.05, 4.69) is 0 Å². The number of likely N-dealkylation sites (N-methyl/N-ethyl adjacent to an activating group) is 1. The summed E-state index contributed by atoms with van der Waals surface area (Å²) in [4.78, 5) is 23.9. The molecule has 2 rings (SSSR count). The Hall–Kier alpha value is -1.99. The maximum absolute atomic E-state index is 11.7. The molecular formula is C13H10N2O3S2. The van der Waals surface area contributed by atoms with Gasteiger partial charge in [0.25, 0.3) is 11.6 Å². The molecule has 0 aliphatic carbocycles. The van der Waals surface area contributed by atoms with Crippen molar-refractivity contribution < 1.29 is 9.72 Å². The molecule has 0 atom stereocenters. The van der Waals surface area contributed by atoms with Crippen LogP contribution in [0.1, 0.15) is 5.56 Å². The first-order chi connectivity index (χ1) is 9.49. The summed E-state index contributed by atoms with van der Waals surface area (Å²) in [6, 6.07) is 6.26. The van der Waals surface area contributed by atoms with E-state index in [1.807, 2.05) is 0 Å². The Labute approximate surface area is 125 Å². The summed E-state index contributed by atoms with van der Waals surface area (Å²) in [5.74, 6) is -0.135. The van der Waals surface area contributed by atoms with Gasteiger partial charge in [0.2, 0.25) is 0 Å². The van der Waals surface area contributed by atoms with Gasteiger partial charge in [-0.25, -0.2) is 0 Å². The second kappa shape index (κ2) is 5.98. The number of rotatable bonds is 3. The zero-order valence-corrected chi connectivity index (χ0v) is 12.1. The fourth-order valence-corrected chi connectivity index (χ4v) is 2.68. The van der Waals surface area contributed by atoms with Gasteiger partial charge in [-0.3, -0.25) is 19.8 Å². The van der Waals surface area contributed by atoms with Crippen LogP contribution in [0.3, 0.4) is 0 Å². The van der Waals surface area contributed by atoms with Crippen molar-refractivity contribution in [3.8, 4) is 0 Å². The number of allylic oxidation sites excluding steroid dienone is 2. The summed E-state index contributed by atoms with van der Waals surface area (Å²) in [5, 5.41) is 10.7. The van der Waals surface area contributed by atoms with Crippen LogP contribution in [0.2, 0.25) is 0 Å². The number of benzene rings is 1. The van der Waals surface area contributed by atoms with Crippen LogP contribution in [-0.2, 0) is 4.79 Å². The van der Waals surface area contributed by atoms with Crippen molar-refractivity contribution in [2.45, 2.75) is 0 Å². The highest BCUT2D eigenvalue weighted by Crippen LogP contribution is 2.29. The number of thiocarbonyl (C=S) groups is 1. The zero-order chi connectivity index (χ0) is 14.7. The minimum absolute atomic E-state index is 0.0343. The second-order valence-electron chi connectivity index (χ2n) is 3.97. The van der Waals surface area contributed by atoms with Crippen molar-refractivity contribution in [1.82, 2.24) is 4.90 Å². The maximum Gasteiger partial charge on any atom is 0.270 e. The van der Waals surface area contributed by atoms with Gasteiger partial charge < -0.3 is 0 Å². The van der Waals surface area contributed by atoms with E-state index in [-0.39, 0.29) is 11.6 Å². The third-order valence-corrected chi connectivity index (χ3v) is 4.11. The second-order valence-corrected chi connectivity index (χ2v) is 5.65. The molecule has 0 radical (unpaired) electrons. The Bertz CT molecular complexity index is 653. The Kier molecular flexibility index (Phi) is 4.31. The maximum atomic E-state index is 11.7. The molecule has 1 aromatic rings. The minimum Gasteiger partial charge on any atom is -0.296 e. The van der Waals surface area contributed by atoms with Crippen molar-refractivity contribution in [2.75, 3.05) is 7.05 Å². The van der Waals surface area contributed by atoms with E-state index in [1.165, 1.54) is 28.8 Å². The van der Waals surface area contributed by atoms with Crippen molar-refractivity contribution in [3.63, 3.8) is 0 Å². The van der Waals surface area contributed by atoms with Crippen LogP contribution >= 0.6 is 24.0 Å². The van der Waals surface area contributed by atoms with Crippen molar-refractivity contribution >= 4 is 46.0 Å². The monoisotopic (exact) mass is 306 g/mol. The Balaban J connectivity index is 2.15. The lowest BCUT2D eigenvalue weighted by molar-refractivity contribution is -0.384. The molecule has 1 amide bonds. The number of non-ortho nitro benzene ring substituents is 1. The first-order valence-corrected chi connectivity index (χ1v) is 6.84. The molecule has 1 aliphatic rings. The van der Waals surface area contributed by atoms with Crippen LogP contribution in [0.15, 0.2) is 41.3 Å². The van der Waals surface area contributed by atoms with E-state index in [4.69, 9.17) is 12.2 Å². The first kappa shape index (κ1) is 14.4. The molecule has 1 aromatic carbocycles. The largest absolute Gasteiger partial charge is 0.296 e. The number of nitro groups is 1. The SMILES string of the molecule is CN1C(=O)/C(=C\C=C\c2cccc([N+](=O)[O-])c2)SC1=S. The Morgan fingerprint density at radius 2 is 2.20 bits per heavy atom. The summed E-state index contributed by atoms with van der Waals surface area (Å²) in [6.45, 7) is 0. The molecule has 1 fully saturated rings. The van der Waals surface area contributed by atoms with Gasteiger partial charge in [0.05, 0.1) is 9.83 Å². The van der Waals surface area contributed by atoms with Crippen LogP contribution in [-0.4, -0.2) is 27.1 Å². The molecule has 5 nitrogen and oxygen atoms in total. The minimum atomic E-state index is -0.445. The quantitative estimate of drug-likeness (QED) is 0.372. The van der Waals surface area contributed by atoms with Crippen LogP contribution in [0, 0.1) is 10.1 Å². The Morgan fingerprint density at radius 3 is 2.80 bits per heavy atom.